The number of rotatable bonds is 5. The molecule has 3 rings (SSSR count). The third-order valence-corrected chi connectivity index (χ3v) is 7.43. The average Bonchev–Trinajstić information content (AvgIpc) is 3.15. The maximum Gasteiger partial charge on any atom is 0.253 e. The Bertz CT molecular complexity index is 828. The number of Topliss-reactive ketones (excluding diaryl/α,β-unsaturated/α-hetero) is 1. The molecular weight excluding hydrogens is 400 g/mol. The summed E-state index contributed by atoms with van der Waals surface area (Å²) in [6.07, 6.45) is 2.76. The van der Waals surface area contributed by atoms with Crippen LogP contribution in [0.1, 0.15) is 60.7 Å². The third-order valence-electron chi connectivity index (χ3n) is 6.36. The number of carbonyl (C=O) groups excluding carboxylic acids is 4. The summed E-state index contributed by atoms with van der Waals surface area (Å²) in [5.41, 5.74) is 1.31. The Morgan fingerprint density at radius 1 is 0.933 bits per heavy atom. The molecule has 2 saturated heterocycles. The smallest absolute Gasteiger partial charge is 0.253 e. The molecule has 1 spiro atoms. The maximum atomic E-state index is 12.8. The molecule has 6 nitrogen and oxygen atoms in total. The van der Waals surface area contributed by atoms with E-state index in [1.807, 2.05) is 16.7 Å². The summed E-state index contributed by atoms with van der Waals surface area (Å²) in [4.78, 5) is 52.0. The molecule has 1 unspecified atom stereocenters. The molecule has 2 aliphatic heterocycles. The van der Waals surface area contributed by atoms with Crippen molar-refractivity contribution in [3.63, 3.8) is 0 Å². The van der Waals surface area contributed by atoms with Crippen LogP contribution < -0.4 is 0 Å². The zero-order valence-electron chi connectivity index (χ0n) is 18.0. The van der Waals surface area contributed by atoms with Crippen molar-refractivity contribution in [1.29, 1.82) is 0 Å². The second-order valence-corrected chi connectivity index (χ2v) is 9.84. The van der Waals surface area contributed by atoms with Crippen molar-refractivity contribution in [1.82, 2.24) is 9.80 Å². The topological polar surface area (TPSA) is 74.8 Å². The lowest BCUT2D eigenvalue weighted by atomic mass is 9.77. The van der Waals surface area contributed by atoms with Crippen LogP contribution >= 0.6 is 11.8 Å². The summed E-state index contributed by atoms with van der Waals surface area (Å²) in [7, 11) is 0. The first-order valence-electron chi connectivity index (χ1n) is 10.5. The third kappa shape index (κ3) is 5.12. The summed E-state index contributed by atoms with van der Waals surface area (Å²) in [5, 5.41) is 0.0421. The Morgan fingerprint density at radius 3 is 2.00 bits per heavy atom. The molecule has 0 bridgehead atoms. The van der Waals surface area contributed by atoms with Crippen LogP contribution in [0.15, 0.2) is 24.3 Å². The van der Waals surface area contributed by atoms with Crippen molar-refractivity contribution in [2.45, 2.75) is 40.0 Å². The number of carbonyl (C=O) groups is 4. The Morgan fingerprint density at radius 2 is 1.47 bits per heavy atom. The first-order valence-corrected chi connectivity index (χ1v) is 11.5. The number of amides is 2. The highest BCUT2D eigenvalue weighted by Gasteiger charge is 2.43. The van der Waals surface area contributed by atoms with Crippen LogP contribution in [0.4, 0.5) is 0 Å². The number of thioether (sulfide) groups is 1. The van der Waals surface area contributed by atoms with Gasteiger partial charge < -0.3 is 9.80 Å². The summed E-state index contributed by atoms with van der Waals surface area (Å²) >= 11 is 1.21. The maximum absolute atomic E-state index is 12.8. The minimum atomic E-state index is -0.159. The van der Waals surface area contributed by atoms with Crippen LogP contribution in [0.25, 0.3) is 0 Å². The van der Waals surface area contributed by atoms with E-state index < -0.39 is 0 Å². The van der Waals surface area contributed by atoms with Gasteiger partial charge in [-0.1, -0.05) is 30.8 Å². The van der Waals surface area contributed by atoms with Crippen LogP contribution in [0.2, 0.25) is 0 Å². The molecule has 7 heteroatoms. The lowest BCUT2D eigenvalue weighted by Gasteiger charge is -2.39. The fourth-order valence-corrected chi connectivity index (χ4v) is 5.00. The van der Waals surface area contributed by atoms with E-state index in [1.54, 1.807) is 24.3 Å². The van der Waals surface area contributed by atoms with Gasteiger partial charge in [0.2, 0.25) is 5.91 Å². The molecule has 1 aromatic rings. The number of ketones is 1. The van der Waals surface area contributed by atoms with Crippen molar-refractivity contribution in [3.05, 3.63) is 35.4 Å². The van der Waals surface area contributed by atoms with Crippen LogP contribution in [-0.2, 0) is 9.59 Å². The van der Waals surface area contributed by atoms with E-state index in [9.17, 15) is 19.2 Å². The van der Waals surface area contributed by atoms with Crippen molar-refractivity contribution >= 4 is 34.5 Å². The second kappa shape index (κ2) is 9.33. The molecule has 162 valence electrons. The predicted molar refractivity (Wildman–Crippen MR) is 118 cm³/mol. The molecule has 1 aromatic carbocycles. The Hall–Kier alpha value is -2.15. The molecule has 2 aliphatic rings. The van der Waals surface area contributed by atoms with Crippen molar-refractivity contribution in [2.24, 2.45) is 11.3 Å². The molecule has 2 heterocycles. The summed E-state index contributed by atoms with van der Waals surface area (Å²) in [5.74, 6) is 0.491. The fraction of sp³-hybridized carbons (Fsp3) is 0.565. The zero-order chi connectivity index (χ0) is 21.9. The molecule has 2 fully saturated rings. The van der Waals surface area contributed by atoms with Crippen LogP contribution in [0.3, 0.4) is 0 Å². The molecule has 0 radical (unpaired) electrons. The van der Waals surface area contributed by atoms with Crippen molar-refractivity contribution in [3.8, 4) is 0 Å². The van der Waals surface area contributed by atoms with E-state index in [2.05, 4.69) is 0 Å². The molecule has 1 atom stereocenters. The quantitative estimate of drug-likeness (QED) is 0.671. The normalized spacial score (nSPS) is 19.0. The number of piperidine rings is 1. The highest BCUT2D eigenvalue weighted by Crippen LogP contribution is 2.41. The predicted octanol–water partition coefficient (Wildman–Crippen LogP) is 3.26. The fourth-order valence-electron chi connectivity index (χ4n) is 4.37. The lowest BCUT2D eigenvalue weighted by Crippen LogP contribution is -2.45. The minimum absolute atomic E-state index is 0.000705. The van der Waals surface area contributed by atoms with Gasteiger partial charge in [-0.25, -0.2) is 0 Å². The van der Waals surface area contributed by atoms with E-state index in [1.165, 1.54) is 25.6 Å². The van der Waals surface area contributed by atoms with E-state index in [4.69, 9.17) is 0 Å². The lowest BCUT2D eigenvalue weighted by molar-refractivity contribution is -0.133. The number of benzene rings is 1. The monoisotopic (exact) mass is 430 g/mol. The molecule has 0 N–H and O–H groups in total. The number of hydrogen-bond donors (Lipinski definition) is 0. The Kier molecular flexibility index (Phi) is 7.01. The minimum Gasteiger partial charge on any atom is -0.342 e. The van der Waals surface area contributed by atoms with Crippen LogP contribution in [0.5, 0.6) is 0 Å². The van der Waals surface area contributed by atoms with Gasteiger partial charge in [-0.2, -0.15) is 0 Å². The van der Waals surface area contributed by atoms with E-state index in [-0.39, 0.29) is 34.0 Å². The molecule has 0 aromatic heterocycles. The van der Waals surface area contributed by atoms with Gasteiger partial charge >= 0.3 is 0 Å². The van der Waals surface area contributed by atoms with Gasteiger partial charge in [0.15, 0.2) is 10.9 Å². The van der Waals surface area contributed by atoms with E-state index in [0.717, 1.165) is 32.4 Å². The van der Waals surface area contributed by atoms with Crippen LogP contribution in [-0.4, -0.2) is 64.4 Å². The van der Waals surface area contributed by atoms with Gasteiger partial charge in [-0.15, -0.1) is 0 Å². The van der Waals surface area contributed by atoms with E-state index in [0.29, 0.717) is 30.0 Å². The molecule has 0 saturated carbocycles. The van der Waals surface area contributed by atoms with Gasteiger partial charge in [-0.3, -0.25) is 19.2 Å². The SMILES string of the molecule is CC(=O)SCC(C)C(=O)N1CCC2(CCN(C(=O)c3ccc(C(C)=O)cc3)CC2)C1. The molecule has 0 aliphatic carbocycles. The van der Waals surface area contributed by atoms with Gasteiger partial charge in [0, 0.05) is 55.9 Å². The average molecular weight is 431 g/mol. The van der Waals surface area contributed by atoms with E-state index >= 15 is 0 Å². The Balaban J connectivity index is 1.53. The highest BCUT2D eigenvalue weighted by atomic mass is 32.2. The second-order valence-electron chi connectivity index (χ2n) is 8.64. The summed E-state index contributed by atoms with van der Waals surface area (Å²) < 4.78 is 0. The van der Waals surface area contributed by atoms with Crippen LogP contribution in [0, 0.1) is 11.3 Å². The molecule has 2 amide bonds. The van der Waals surface area contributed by atoms with Gasteiger partial charge in [-0.05, 0) is 43.7 Å². The number of likely N-dealkylation sites (tertiary alicyclic amines) is 2. The standard InChI is InChI=1S/C23H30N2O4S/c1-16(14-30-18(3)27)21(28)25-13-10-23(15-25)8-11-24(12-9-23)22(29)20-6-4-19(5-7-20)17(2)26/h4-7,16H,8-15H2,1-3H3. The number of hydrogen-bond acceptors (Lipinski definition) is 5. The zero-order valence-corrected chi connectivity index (χ0v) is 18.8. The van der Waals surface area contributed by atoms with Gasteiger partial charge in [0.1, 0.15) is 0 Å². The first-order chi connectivity index (χ1) is 14.2. The largest absolute Gasteiger partial charge is 0.342 e. The van der Waals surface area contributed by atoms with Gasteiger partial charge in [0.05, 0.1) is 0 Å². The summed E-state index contributed by atoms with van der Waals surface area (Å²) in [6, 6.07) is 6.85. The number of nitrogens with zero attached hydrogens (tertiary/aromatic N) is 2. The molecular formula is C23H30N2O4S. The first kappa shape index (κ1) is 22.5. The van der Waals surface area contributed by atoms with Crippen molar-refractivity contribution < 1.29 is 19.2 Å². The Labute approximate surface area is 182 Å². The van der Waals surface area contributed by atoms with Gasteiger partial charge in [0.25, 0.3) is 5.91 Å². The van der Waals surface area contributed by atoms with Crippen molar-refractivity contribution in [2.75, 3.05) is 31.9 Å². The highest BCUT2D eigenvalue weighted by molar-refractivity contribution is 8.13. The molecule has 30 heavy (non-hydrogen) atoms. The summed E-state index contributed by atoms with van der Waals surface area (Å²) in [6.45, 7) is 7.81.